The Bertz CT molecular complexity index is 809. The fourth-order valence-corrected chi connectivity index (χ4v) is 11.4. The molecule has 0 fully saturated rings. The SMILES string of the molecule is COC(=O)C1(C(=O)OC)C=CC2=C(C)C[C@H](C(C)C)C=C(O[Si](C(C)C)(C(C)C)C(C)C)[C@@H]21. The molecule has 0 spiro atoms. The molecule has 0 heterocycles. The first kappa shape index (κ1) is 27.4. The van der Waals surface area contributed by atoms with Crippen molar-refractivity contribution in [2.75, 3.05) is 14.2 Å². The molecule has 2 aliphatic rings. The van der Waals surface area contributed by atoms with Crippen LogP contribution in [-0.2, 0) is 23.5 Å². The molecule has 5 nitrogen and oxygen atoms in total. The van der Waals surface area contributed by atoms with Crippen molar-refractivity contribution in [3.63, 3.8) is 0 Å². The summed E-state index contributed by atoms with van der Waals surface area (Å²) < 4.78 is 17.6. The van der Waals surface area contributed by atoms with Crippen molar-refractivity contribution >= 4 is 20.3 Å². The summed E-state index contributed by atoms with van der Waals surface area (Å²) in [5.41, 5.74) is 1.63. The number of hydrogen-bond acceptors (Lipinski definition) is 5. The third-order valence-corrected chi connectivity index (χ3v) is 13.9. The van der Waals surface area contributed by atoms with Gasteiger partial charge in [-0.1, -0.05) is 73.1 Å². The molecule has 0 aromatic carbocycles. The van der Waals surface area contributed by atoms with Crippen LogP contribution in [0.1, 0.15) is 68.7 Å². The first-order chi connectivity index (χ1) is 15.3. The Labute approximate surface area is 201 Å². The Morgan fingerprint density at radius 1 is 0.939 bits per heavy atom. The topological polar surface area (TPSA) is 61.8 Å². The van der Waals surface area contributed by atoms with Crippen molar-refractivity contribution in [2.45, 2.75) is 85.4 Å². The lowest BCUT2D eigenvalue weighted by Crippen LogP contribution is -2.51. The molecule has 33 heavy (non-hydrogen) atoms. The average molecular weight is 477 g/mol. The molecule has 0 saturated carbocycles. The molecule has 0 radical (unpaired) electrons. The number of rotatable bonds is 8. The van der Waals surface area contributed by atoms with E-state index in [0.29, 0.717) is 22.5 Å². The molecule has 0 aromatic heterocycles. The predicted octanol–water partition coefficient (Wildman–Crippen LogP) is 6.57. The molecule has 2 aliphatic carbocycles. The van der Waals surface area contributed by atoms with E-state index in [-0.39, 0.29) is 5.92 Å². The van der Waals surface area contributed by atoms with Crippen LogP contribution in [0.15, 0.2) is 35.1 Å². The quantitative estimate of drug-likeness (QED) is 0.225. The van der Waals surface area contributed by atoms with Crippen molar-refractivity contribution in [3.8, 4) is 0 Å². The monoisotopic (exact) mass is 476 g/mol. The molecular weight excluding hydrogens is 432 g/mol. The van der Waals surface area contributed by atoms with Crippen LogP contribution in [-0.4, -0.2) is 34.5 Å². The Balaban J connectivity index is 2.86. The van der Waals surface area contributed by atoms with E-state index >= 15 is 0 Å². The van der Waals surface area contributed by atoms with Crippen molar-refractivity contribution in [2.24, 2.45) is 23.2 Å². The summed E-state index contributed by atoms with van der Waals surface area (Å²) in [7, 11) is 0.285. The lowest BCUT2D eigenvalue weighted by Gasteiger charge is -2.45. The summed E-state index contributed by atoms with van der Waals surface area (Å²) >= 11 is 0. The first-order valence-corrected chi connectivity index (χ1v) is 14.4. The summed E-state index contributed by atoms with van der Waals surface area (Å²) in [6.07, 6.45) is 6.65. The van der Waals surface area contributed by atoms with E-state index in [9.17, 15) is 9.59 Å². The molecule has 0 aliphatic heterocycles. The standard InChI is InChI=1S/C27H44O5Si/c1-16(2)21-14-20(9)22-12-13-27(25(28)30-10,26(29)31-11)24(22)23(15-21)32-33(17(3)4,18(5)6)19(7)8/h12-13,15-19,21,24H,14H2,1-11H3/t21-,24+/m0/s1. The normalized spacial score (nSPS) is 22.6. The Hall–Kier alpha value is -1.82. The molecular formula is C27H44O5Si. The van der Waals surface area contributed by atoms with E-state index in [1.54, 1.807) is 6.08 Å². The minimum atomic E-state index is -2.36. The van der Waals surface area contributed by atoms with Crippen LogP contribution < -0.4 is 0 Å². The highest BCUT2D eigenvalue weighted by atomic mass is 28.4. The fourth-order valence-electron chi connectivity index (χ4n) is 6.13. The van der Waals surface area contributed by atoms with Gasteiger partial charge in [-0.2, -0.15) is 0 Å². The number of carbonyl (C=O) groups excluding carboxylic acids is 2. The van der Waals surface area contributed by atoms with Gasteiger partial charge in [-0.25, -0.2) is 0 Å². The van der Waals surface area contributed by atoms with Crippen LogP contribution in [0, 0.1) is 23.2 Å². The summed E-state index contributed by atoms with van der Waals surface area (Å²) in [6.45, 7) is 20.0. The van der Waals surface area contributed by atoms with Crippen molar-refractivity contribution in [1.82, 2.24) is 0 Å². The second-order valence-electron chi connectivity index (χ2n) is 11.0. The second-order valence-corrected chi connectivity index (χ2v) is 16.3. The van der Waals surface area contributed by atoms with Gasteiger partial charge in [0.25, 0.3) is 8.32 Å². The van der Waals surface area contributed by atoms with Crippen LogP contribution in [0.5, 0.6) is 0 Å². The van der Waals surface area contributed by atoms with E-state index in [0.717, 1.165) is 17.8 Å². The van der Waals surface area contributed by atoms with E-state index in [1.807, 2.05) is 6.08 Å². The number of fused-ring (bicyclic) bond motifs is 1. The molecule has 0 saturated heterocycles. The first-order valence-electron chi connectivity index (χ1n) is 12.3. The predicted molar refractivity (Wildman–Crippen MR) is 135 cm³/mol. The van der Waals surface area contributed by atoms with E-state index in [2.05, 4.69) is 68.4 Å². The molecule has 0 aromatic rings. The van der Waals surface area contributed by atoms with Gasteiger partial charge in [0.15, 0.2) is 5.41 Å². The summed E-state index contributed by atoms with van der Waals surface area (Å²) in [5.74, 6) is -0.421. The molecule has 186 valence electrons. The minimum Gasteiger partial charge on any atom is -0.545 e. The Morgan fingerprint density at radius 2 is 1.42 bits per heavy atom. The van der Waals surface area contributed by atoms with Gasteiger partial charge in [-0.05, 0) is 53.5 Å². The zero-order valence-corrected chi connectivity index (χ0v) is 23.4. The van der Waals surface area contributed by atoms with Gasteiger partial charge in [0, 0.05) is 0 Å². The zero-order chi connectivity index (χ0) is 25.3. The molecule has 6 heteroatoms. The molecule has 2 atom stereocenters. The van der Waals surface area contributed by atoms with Crippen LogP contribution in [0.3, 0.4) is 0 Å². The number of methoxy groups -OCH3 is 2. The number of ether oxygens (including phenoxy) is 2. The third-order valence-electron chi connectivity index (χ3n) is 7.89. The maximum absolute atomic E-state index is 13.3. The maximum Gasteiger partial charge on any atom is 0.328 e. The largest absolute Gasteiger partial charge is 0.545 e. The van der Waals surface area contributed by atoms with Crippen LogP contribution >= 0.6 is 0 Å². The average Bonchev–Trinajstić information content (AvgIpc) is 3.08. The molecule has 2 rings (SSSR count). The molecule has 0 N–H and O–H groups in total. The van der Waals surface area contributed by atoms with Gasteiger partial charge < -0.3 is 13.9 Å². The van der Waals surface area contributed by atoms with Gasteiger partial charge in [0.2, 0.25) is 0 Å². The molecule has 0 amide bonds. The highest BCUT2D eigenvalue weighted by Crippen LogP contribution is 2.54. The van der Waals surface area contributed by atoms with Gasteiger partial charge in [0.1, 0.15) is 0 Å². The summed E-state index contributed by atoms with van der Waals surface area (Å²) in [6, 6.07) is 0. The molecule has 0 bridgehead atoms. The van der Waals surface area contributed by atoms with Crippen molar-refractivity contribution in [1.29, 1.82) is 0 Å². The van der Waals surface area contributed by atoms with Crippen molar-refractivity contribution in [3.05, 3.63) is 35.1 Å². The van der Waals surface area contributed by atoms with Gasteiger partial charge >= 0.3 is 11.9 Å². The van der Waals surface area contributed by atoms with E-state index in [1.165, 1.54) is 19.8 Å². The fraction of sp³-hybridized carbons (Fsp3) is 0.704. The second kappa shape index (κ2) is 10.2. The minimum absolute atomic E-state index is 0.248. The maximum atomic E-state index is 13.3. The van der Waals surface area contributed by atoms with E-state index < -0.39 is 31.6 Å². The van der Waals surface area contributed by atoms with Gasteiger partial charge in [-0.15, -0.1) is 0 Å². The Kier molecular flexibility index (Phi) is 8.48. The number of allylic oxidation sites excluding steroid dienone is 4. The van der Waals surface area contributed by atoms with Crippen LogP contribution in [0.2, 0.25) is 16.6 Å². The number of carbonyl (C=O) groups is 2. The van der Waals surface area contributed by atoms with Crippen molar-refractivity contribution < 1.29 is 23.5 Å². The summed E-state index contributed by atoms with van der Waals surface area (Å²) in [5, 5.41) is 0. The van der Waals surface area contributed by atoms with Crippen LogP contribution in [0.4, 0.5) is 0 Å². The third kappa shape index (κ3) is 4.47. The smallest absolute Gasteiger partial charge is 0.328 e. The van der Waals surface area contributed by atoms with Gasteiger partial charge in [-0.3, -0.25) is 9.59 Å². The number of esters is 2. The van der Waals surface area contributed by atoms with E-state index in [4.69, 9.17) is 13.9 Å². The number of hydrogen-bond donors (Lipinski definition) is 0. The Morgan fingerprint density at radius 3 is 1.82 bits per heavy atom. The molecule has 0 unspecified atom stereocenters. The zero-order valence-electron chi connectivity index (χ0n) is 22.4. The summed E-state index contributed by atoms with van der Waals surface area (Å²) in [4.78, 5) is 26.5. The lowest BCUT2D eigenvalue weighted by atomic mass is 9.74. The lowest BCUT2D eigenvalue weighted by molar-refractivity contribution is -0.167. The highest BCUT2D eigenvalue weighted by Gasteiger charge is 2.60. The van der Waals surface area contributed by atoms with Crippen LogP contribution in [0.25, 0.3) is 0 Å². The van der Waals surface area contributed by atoms with Gasteiger partial charge in [0.05, 0.1) is 25.9 Å². The highest BCUT2D eigenvalue weighted by molar-refractivity contribution is 6.77.